The molecule has 0 radical (unpaired) electrons. The van der Waals surface area contributed by atoms with Gasteiger partial charge in [0.25, 0.3) is 0 Å². The van der Waals surface area contributed by atoms with E-state index in [2.05, 4.69) is 21.2 Å². The van der Waals surface area contributed by atoms with Crippen molar-refractivity contribution in [3.8, 4) is 11.5 Å². The second-order valence-electron chi connectivity index (χ2n) is 11.7. The van der Waals surface area contributed by atoms with Crippen molar-refractivity contribution in [1.82, 2.24) is 10.2 Å². The lowest BCUT2D eigenvalue weighted by Gasteiger charge is -2.34. The predicted molar refractivity (Wildman–Crippen MR) is 178 cm³/mol. The Morgan fingerprint density at radius 2 is 1.67 bits per heavy atom. The van der Waals surface area contributed by atoms with Crippen molar-refractivity contribution >= 4 is 43.5 Å². The molecule has 3 aromatic carbocycles. The van der Waals surface area contributed by atoms with E-state index < -0.39 is 16.1 Å². The van der Waals surface area contributed by atoms with Gasteiger partial charge >= 0.3 is 0 Å². The fourth-order valence-corrected chi connectivity index (χ4v) is 7.38. The van der Waals surface area contributed by atoms with E-state index in [0.29, 0.717) is 23.6 Å². The van der Waals surface area contributed by atoms with Crippen molar-refractivity contribution < 1.29 is 27.5 Å². The van der Waals surface area contributed by atoms with Gasteiger partial charge < -0.3 is 19.7 Å². The highest BCUT2D eigenvalue weighted by molar-refractivity contribution is 9.10. The van der Waals surface area contributed by atoms with Crippen LogP contribution in [-0.2, 0) is 32.6 Å². The van der Waals surface area contributed by atoms with E-state index in [1.165, 1.54) is 10.7 Å². The first-order chi connectivity index (χ1) is 21.7. The zero-order chi connectivity index (χ0) is 31.8. The number of anilines is 1. The number of ether oxygens (including phenoxy) is 2. The molecule has 0 saturated heterocycles. The lowest BCUT2D eigenvalue weighted by atomic mass is 9.94. The van der Waals surface area contributed by atoms with Crippen molar-refractivity contribution in [3.05, 3.63) is 88.4 Å². The molecule has 1 saturated carbocycles. The quantitative estimate of drug-likeness (QED) is 0.242. The molecule has 2 aliphatic rings. The minimum atomic E-state index is -3.65. The second-order valence-corrected chi connectivity index (χ2v) is 14.5. The van der Waals surface area contributed by atoms with Gasteiger partial charge in [-0.2, -0.15) is 0 Å². The molecule has 1 atom stereocenters. The fraction of sp³-hybridized carbons (Fsp3) is 0.412. The Balaban J connectivity index is 1.38. The van der Waals surface area contributed by atoms with Gasteiger partial charge in [0, 0.05) is 42.5 Å². The highest BCUT2D eigenvalue weighted by Crippen LogP contribution is 2.36. The minimum Gasteiger partial charge on any atom is -0.454 e. The second kappa shape index (κ2) is 15.1. The fourth-order valence-electron chi connectivity index (χ4n) is 5.97. The lowest BCUT2D eigenvalue weighted by molar-refractivity contribution is -0.141. The number of benzene rings is 3. The third-order valence-corrected chi connectivity index (χ3v) is 9.95. The van der Waals surface area contributed by atoms with Crippen LogP contribution in [0.1, 0.15) is 56.1 Å². The monoisotopic (exact) mass is 697 g/mol. The van der Waals surface area contributed by atoms with Gasteiger partial charge in [0.2, 0.25) is 28.6 Å². The molecule has 5 rings (SSSR count). The summed E-state index contributed by atoms with van der Waals surface area (Å²) >= 11 is 3.53. The van der Waals surface area contributed by atoms with Gasteiger partial charge in [-0.05, 0) is 54.7 Å². The number of hydrogen-bond acceptors (Lipinski definition) is 6. The van der Waals surface area contributed by atoms with E-state index in [-0.39, 0.29) is 50.6 Å². The molecule has 3 aromatic rings. The molecule has 0 spiro atoms. The number of nitrogens with one attached hydrogen (secondary N) is 1. The summed E-state index contributed by atoms with van der Waals surface area (Å²) in [6.45, 7) is 0.414. The molecule has 1 aliphatic carbocycles. The largest absolute Gasteiger partial charge is 0.454 e. The first kappa shape index (κ1) is 32.8. The average molecular weight is 699 g/mol. The van der Waals surface area contributed by atoms with E-state index >= 15 is 0 Å². The van der Waals surface area contributed by atoms with Crippen LogP contribution < -0.4 is 19.1 Å². The number of rotatable bonds is 13. The smallest absolute Gasteiger partial charge is 0.243 e. The van der Waals surface area contributed by atoms with E-state index in [4.69, 9.17) is 9.47 Å². The van der Waals surface area contributed by atoms with Gasteiger partial charge in [-0.15, -0.1) is 0 Å². The van der Waals surface area contributed by atoms with Crippen LogP contribution in [0.15, 0.2) is 77.3 Å². The molecule has 9 nitrogen and oxygen atoms in total. The zero-order valence-electron chi connectivity index (χ0n) is 25.5. The summed E-state index contributed by atoms with van der Waals surface area (Å²) < 4.78 is 38.6. The molecule has 0 bridgehead atoms. The summed E-state index contributed by atoms with van der Waals surface area (Å²) in [5.74, 6) is 0.660. The lowest BCUT2D eigenvalue weighted by Crippen LogP contribution is -2.52. The number of hydrogen-bond donors (Lipinski definition) is 1. The van der Waals surface area contributed by atoms with E-state index in [0.717, 1.165) is 47.5 Å². The number of sulfonamides is 1. The van der Waals surface area contributed by atoms with Gasteiger partial charge in [0.1, 0.15) is 6.04 Å². The van der Waals surface area contributed by atoms with E-state index in [1.807, 2.05) is 54.6 Å². The third-order valence-electron chi connectivity index (χ3n) is 8.26. The van der Waals surface area contributed by atoms with Crippen molar-refractivity contribution in [1.29, 1.82) is 0 Å². The van der Waals surface area contributed by atoms with E-state index in [9.17, 15) is 18.0 Å². The maximum atomic E-state index is 14.1. The summed E-state index contributed by atoms with van der Waals surface area (Å²) in [5, 5.41) is 3.26. The number of halogens is 1. The number of fused-ring (bicyclic) bond motifs is 1. The summed E-state index contributed by atoms with van der Waals surface area (Å²) in [6, 6.07) is 21.8. The Bertz CT molecular complexity index is 1580. The molecule has 1 N–H and O–H groups in total. The maximum absolute atomic E-state index is 14.1. The maximum Gasteiger partial charge on any atom is 0.243 e. The Hall–Kier alpha value is -3.57. The average Bonchev–Trinajstić information content (AvgIpc) is 3.49. The number of carbonyl (C=O) groups is 2. The van der Waals surface area contributed by atoms with Crippen LogP contribution in [0.5, 0.6) is 11.5 Å². The Morgan fingerprint density at radius 3 is 2.40 bits per heavy atom. The summed E-state index contributed by atoms with van der Waals surface area (Å²) in [4.78, 5) is 29.8. The predicted octanol–water partition coefficient (Wildman–Crippen LogP) is 5.81. The van der Waals surface area contributed by atoms with Crippen LogP contribution >= 0.6 is 15.9 Å². The molecule has 1 fully saturated rings. The summed E-state index contributed by atoms with van der Waals surface area (Å²) in [7, 11) is -3.65. The topological polar surface area (TPSA) is 105 Å². The highest BCUT2D eigenvalue weighted by Gasteiger charge is 2.32. The Kier molecular flexibility index (Phi) is 11.0. The van der Waals surface area contributed by atoms with Crippen LogP contribution in [-0.4, -0.2) is 56.8 Å². The Labute approximate surface area is 274 Å². The van der Waals surface area contributed by atoms with Gasteiger partial charge in [0.05, 0.1) is 11.9 Å². The normalized spacial score (nSPS) is 15.3. The molecule has 240 valence electrons. The molecule has 1 aliphatic heterocycles. The molecule has 0 unspecified atom stereocenters. The van der Waals surface area contributed by atoms with Crippen molar-refractivity contribution in [2.75, 3.05) is 23.9 Å². The molecule has 2 amide bonds. The highest BCUT2D eigenvalue weighted by atomic mass is 79.9. The van der Waals surface area contributed by atoms with E-state index in [1.54, 1.807) is 23.1 Å². The number of nitrogens with zero attached hydrogens (tertiary/aromatic N) is 2. The zero-order valence-corrected chi connectivity index (χ0v) is 27.9. The van der Waals surface area contributed by atoms with Crippen LogP contribution in [0.25, 0.3) is 0 Å². The van der Waals surface area contributed by atoms with Crippen molar-refractivity contribution in [3.63, 3.8) is 0 Å². The number of amides is 2. The van der Waals surface area contributed by atoms with Crippen LogP contribution in [0.2, 0.25) is 0 Å². The summed E-state index contributed by atoms with van der Waals surface area (Å²) in [6.07, 6.45) is 7.03. The standard InChI is InChI=1S/C34H40BrN3O6S/c1-45(41,42)38(29-17-18-31-32(22-29)44-24-43-31)19-9-16-33(39)37(23-26-12-8-13-27(35)20-26)30(21-25-10-4-2-5-11-25)34(40)36-28-14-6-3-7-15-28/h2,4-5,8,10-13,17-18,20,22,28,30H,3,6-7,9,14-16,19,21,23-24H2,1H3,(H,36,40)/t30-/m1/s1. The minimum absolute atomic E-state index is 0.0621. The molecular weight excluding hydrogens is 658 g/mol. The molecule has 11 heteroatoms. The molecule has 0 aromatic heterocycles. The Morgan fingerprint density at radius 1 is 0.933 bits per heavy atom. The van der Waals surface area contributed by atoms with Crippen LogP contribution in [0.3, 0.4) is 0 Å². The van der Waals surface area contributed by atoms with Crippen molar-refractivity contribution in [2.24, 2.45) is 0 Å². The molecule has 45 heavy (non-hydrogen) atoms. The number of carbonyl (C=O) groups excluding carboxylic acids is 2. The van der Waals surface area contributed by atoms with Gasteiger partial charge in [-0.3, -0.25) is 13.9 Å². The molecule has 1 heterocycles. The molecular formula is C34H40BrN3O6S. The van der Waals surface area contributed by atoms with Crippen molar-refractivity contribution in [2.45, 2.75) is 70.0 Å². The van der Waals surface area contributed by atoms with Crippen LogP contribution in [0.4, 0.5) is 5.69 Å². The van der Waals surface area contributed by atoms with Crippen LogP contribution in [0, 0.1) is 0 Å². The summed E-state index contributed by atoms with van der Waals surface area (Å²) in [5.41, 5.74) is 2.28. The van der Waals surface area contributed by atoms with Gasteiger partial charge in [-0.1, -0.05) is 77.7 Å². The first-order valence-electron chi connectivity index (χ1n) is 15.4. The SMILES string of the molecule is CS(=O)(=O)N(CCCC(=O)N(Cc1cccc(Br)c1)[C@H](Cc1ccccc1)C(=O)NC1CCCCC1)c1ccc2c(c1)OCO2. The van der Waals surface area contributed by atoms with Gasteiger partial charge in [0.15, 0.2) is 11.5 Å². The third kappa shape index (κ3) is 9.00. The van der Waals surface area contributed by atoms with Gasteiger partial charge in [-0.25, -0.2) is 8.42 Å². The first-order valence-corrected chi connectivity index (χ1v) is 18.1.